The number of esters is 2. The molecule has 1 saturated carbocycles. The molecule has 162 valence electrons. The molecule has 0 amide bonds. The van der Waals surface area contributed by atoms with Crippen LogP contribution in [-0.2, 0) is 23.9 Å². The summed E-state index contributed by atoms with van der Waals surface area (Å²) in [6, 6.07) is 4.58. The van der Waals surface area contributed by atoms with Gasteiger partial charge in [-0.25, -0.2) is 0 Å². The summed E-state index contributed by atoms with van der Waals surface area (Å²) < 4.78 is 48.5. The van der Waals surface area contributed by atoms with Gasteiger partial charge in [-0.3, -0.25) is 14.4 Å². The lowest BCUT2D eigenvalue weighted by Gasteiger charge is -2.31. The standard InChI is InChI=1S/C20H20F3NO6/c1-3-28-17(26)19(18(27)29-4-2)9-13-10-30-24-15(13)14(19)11-5-7-12(8-6-11)16(25)20(21,22)23/h5-8,13-14H,3-4,9-10H2,1-2H3/t13-,14-/m0/s1. The van der Waals surface area contributed by atoms with Crippen LogP contribution in [0.5, 0.6) is 0 Å². The van der Waals surface area contributed by atoms with Crippen LogP contribution in [0.15, 0.2) is 29.4 Å². The highest BCUT2D eigenvalue weighted by atomic mass is 19.4. The van der Waals surface area contributed by atoms with Crippen molar-refractivity contribution in [3.63, 3.8) is 0 Å². The van der Waals surface area contributed by atoms with Crippen molar-refractivity contribution >= 4 is 23.4 Å². The van der Waals surface area contributed by atoms with Gasteiger partial charge in [-0.2, -0.15) is 13.2 Å². The number of benzene rings is 1. The Hall–Kier alpha value is -2.91. The maximum absolute atomic E-state index is 13.0. The Balaban J connectivity index is 2.09. The number of Topliss-reactive ketones (excluding diaryl/α,β-unsaturated/α-hetero) is 1. The number of alkyl halides is 3. The Morgan fingerprint density at radius 2 is 1.67 bits per heavy atom. The van der Waals surface area contributed by atoms with Gasteiger partial charge in [0, 0.05) is 11.5 Å². The average Bonchev–Trinajstić information content (AvgIpc) is 3.26. The van der Waals surface area contributed by atoms with E-state index in [0.29, 0.717) is 11.3 Å². The van der Waals surface area contributed by atoms with Crippen molar-refractivity contribution in [1.82, 2.24) is 0 Å². The lowest BCUT2D eigenvalue weighted by atomic mass is 9.73. The highest BCUT2D eigenvalue weighted by Crippen LogP contribution is 2.53. The van der Waals surface area contributed by atoms with Crippen LogP contribution in [0.2, 0.25) is 0 Å². The topological polar surface area (TPSA) is 91.3 Å². The monoisotopic (exact) mass is 427 g/mol. The fraction of sp³-hybridized carbons (Fsp3) is 0.500. The number of ether oxygens (including phenoxy) is 2. The molecule has 1 fully saturated rings. The third-order valence-electron chi connectivity index (χ3n) is 5.26. The van der Waals surface area contributed by atoms with Gasteiger partial charge in [0.15, 0.2) is 5.41 Å². The highest BCUT2D eigenvalue weighted by molar-refractivity contribution is 6.12. The number of hydrogen-bond acceptors (Lipinski definition) is 7. The zero-order chi connectivity index (χ0) is 22.1. The molecule has 1 aliphatic heterocycles. The van der Waals surface area contributed by atoms with E-state index in [2.05, 4.69) is 5.16 Å². The second-order valence-corrected chi connectivity index (χ2v) is 7.01. The zero-order valence-electron chi connectivity index (χ0n) is 16.3. The Morgan fingerprint density at radius 1 is 1.10 bits per heavy atom. The van der Waals surface area contributed by atoms with Gasteiger partial charge >= 0.3 is 18.1 Å². The lowest BCUT2D eigenvalue weighted by Crippen LogP contribution is -2.45. The molecule has 1 aromatic rings. The van der Waals surface area contributed by atoms with Crippen LogP contribution in [0.4, 0.5) is 13.2 Å². The maximum Gasteiger partial charge on any atom is 0.454 e. The van der Waals surface area contributed by atoms with Crippen molar-refractivity contribution in [3.8, 4) is 0 Å². The molecule has 0 unspecified atom stereocenters. The third kappa shape index (κ3) is 3.54. The molecule has 3 rings (SSSR count). The summed E-state index contributed by atoms with van der Waals surface area (Å²) in [6.45, 7) is 3.41. The van der Waals surface area contributed by atoms with Crippen LogP contribution < -0.4 is 0 Å². The number of rotatable bonds is 6. The van der Waals surface area contributed by atoms with Gasteiger partial charge in [-0.1, -0.05) is 29.4 Å². The minimum atomic E-state index is -5.01. The van der Waals surface area contributed by atoms with E-state index in [1.807, 2.05) is 0 Å². The molecule has 1 aromatic carbocycles. The smallest absolute Gasteiger partial charge is 0.454 e. The molecule has 2 atom stereocenters. The molecular formula is C20H20F3NO6. The molecule has 1 heterocycles. The second kappa shape index (κ2) is 8.08. The first kappa shape index (κ1) is 21.8. The Morgan fingerprint density at radius 3 is 2.17 bits per heavy atom. The van der Waals surface area contributed by atoms with E-state index >= 15 is 0 Å². The molecule has 0 saturated heterocycles. The molecule has 0 radical (unpaired) electrons. The zero-order valence-corrected chi connectivity index (χ0v) is 16.3. The lowest BCUT2D eigenvalue weighted by molar-refractivity contribution is -0.173. The summed E-state index contributed by atoms with van der Waals surface area (Å²) in [7, 11) is 0. The number of hydrogen-bond donors (Lipinski definition) is 0. The first-order chi connectivity index (χ1) is 14.2. The van der Waals surface area contributed by atoms with E-state index < -0.39 is 40.8 Å². The predicted octanol–water partition coefficient (Wildman–Crippen LogP) is 3.03. The number of halogens is 3. The Labute approximate surface area is 170 Å². The second-order valence-electron chi connectivity index (χ2n) is 7.01. The van der Waals surface area contributed by atoms with E-state index in [4.69, 9.17) is 14.3 Å². The van der Waals surface area contributed by atoms with Crippen molar-refractivity contribution < 1.29 is 41.9 Å². The molecule has 0 bridgehead atoms. The first-order valence-electron chi connectivity index (χ1n) is 9.42. The van der Waals surface area contributed by atoms with Gasteiger partial charge in [0.2, 0.25) is 0 Å². The number of fused-ring (bicyclic) bond motifs is 1. The highest BCUT2D eigenvalue weighted by Gasteiger charge is 2.65. The summed E-state index contributed by atoms with van der Waals surface area (Å²) in [6.07, 6.45) is -4.97. The Kier molecular flexibility index (Phi) is 5.87. The molecule has 1 aliphatic carbocycles. The number of carbonyl (C=O) groups is 3. The van der Waals surface area contributed by atoms with Gasteiger partial charge < -0.3 is 14.3 Å². The van der Waals surface area contributed by atoms with E-state index in [9.17, 15) is 27.6 Å². The summed E-state index contributed by atoms with van der Waals surface area (Å²) in [5.74, 6) is -4.86. The largest absolute Gasteiger partial charge is 0.465 e. The van der Waals surface area contributed by atoms with Gasteiger partial charge in [-0.05, 0) is 25.8 Å². The van der Waals surface area contributed by atoms with Crippen molar-refractivity contribution in [3.05, 3.63) is 35.4 Å². The third-order valence-corrected chi connectivity index (χ3v) is 5.26. The van der Waals surface area contributed by atoms with Crippen LogP contribution >= 0.6 is 0 Å². The number of carbonyl (C=O) groups excluding carboxylic acids is 3. The van der Waals surface area contributed by atoms with Crippen molar-refractivity contribution in [2.45, 2.75) is 32.4 Å². The Bertz CT molecular complexity index is 860. The number of nitrogens with zero attached hydrogens (tertiary/aromatic N) is 1. The fourth-order valence-electron chi connectivity index (χ4n) is 4.02. The summed E-state index contributed by atoms with van der Waals surface area (Å²) in [5, 5.41) is 3.99. The van der Waals surface area contributed by atoms with E-state index in [0.717, 1.165) is 12.1 Å². The summed E-state index contributed by atoms with van der Waals surface area (Å²) in [4.78, 5) is 42.6. The minimum absolute atomic E-state index is 0.0272. The molecule has 0 aromatic heterocycles. The fourth-order valence-corrected chi connectivity index (χ4v) is 4.02. The van der Waals surface area contributed by atoms with E-state index in [-0.39, 0.29) is 32.2 Å². The van der Waals surface area contributed by atoms with Crippen LogP contribution in [-0.4, -0.2) is 49.4 Å². The van der Waals surface area contributed by atoms with E-state index in [1.54, 1.807) is 13.8 Å². The van der Waals surface area contributed by atoms with Crippen molar-refractivity contribution in [2.24, 2.45) is 16.5 Å². The van der Waals surface area contributed by atoms with Gasteiger partial charge in [0.1, 0.15) is 6.61 Å². The van der Waals surface area contributed by atoms with Crippen LogP contribution in [0.3, 0.4) is 0 Å². The number of ketones is 1. The molecule has 7 nitrogen and oxygen atoms in total. The summed E-state index contributed by atoms with van der Waals surface area (Å²) in [5.41, 5.74) is -1.54. The first-order valence-corrected chi connectivity index (χ1v) is 9.42. The van der Waals surface area contributed by atoms with Crippen LogP contribution in [0.1, 0.15) is 42.1 Å². The maximum atomic E-state index is 13.0. The SMILES string of the molecule is CCOC(=O)C1(C(=O)OCC)C[C@H]2CON=C2[C@@H]1c1ccc(C(=O)C(F)(F)F)cc1. The predicted molar refractivity (Wildman–Crippen MR) is 96.8 cm³/mol. The summed E-state index contributed by atoms with van der Waals surface area (Å²) >= 11 is 0. The quantitative estimate of drug-likeness (QED) is 0.394. The minimum Gasteiger partial charge on any atom is -0.465 e. The molecule has 0 N–H and O–H groups in total. The van der Waals surface area contributed by atoms with Gasteiger partial charge in [0.05, 0.1) is 24.8 Å². The van der Waals surface area contributed by atoms with Gasteiger partial charge in [0.25, 0.3) is 5.78 Å². The molecular weight excluding hydrogens is 407 g/mol. The normalized spacial score (nSPS) is 22.0. The molecule has 10 heteroatoms. The van der Waals surface area contributed by atoms with E-state index in [1.165, 1.54) is 12.1 Å². The van der Waals surface area contributed by atoms with Crippen molar-refractivity contribution in [1.29, 1.82) is 0 Å². The molecule has 30 heavy (non-hydrogen) atoms. The number of oxime groups is 1. The molecule has 0 spiro atoms. The van der Waals surface area contributed by atoms with Crippen LogP contribution in [0, 0.1) is 11.3 Å². The molecule has 2 aliphatic rings. The van der Waals surface area contributed by atoms with Crippen LogP contribution in [0.25, 0.3) is 0 Å². The van der Waals surface area contributed by atoms with Crippen molar-refractivity contribution in [2.75, 3.05) is 19.8 Å². The average molecular weight is 427 g/mol. The van der Waals surface area contributed by atoms with Gasteiger partial charge in [-0.15, -0.1) is 0 Å².